The van der Waals surface area contributed by atoms with Crippen molar-refractivity contribution >= 4 is 11.7 Å². The fraction of sp³-hybridized carbons (Fsp3) is 0.0556. The minimum Gasteiger partial charge on any atom is -0.467 e. The molecule has 110 valence electrons. The van der Waals surface area contributed by atoms with E-state index in [1.54, 1.807) is 12.3 Å². The van der Waals surface area contributed by atoms with Gasteiger partial charge in [-0.25, -0.2) is 4.79 Å². The molecule has 3 rings (SSSR count). The zero-order chi connectivity index (χ0) is 15.2. The second kappa shape index (κ2) is 6.63. The Kier molecular flexibility index (Phi) is 4.20. The largest absolute Gasteiger partial charge is 0.467 e. The zero-order valence-corrected chi connectivity index (χ0v) is 12.0. The van der Waals surface area contributed by atoms with Crippen LogP contribution >= 0.6 is 0 Å². The highest BCUT2D eigenvalue weighted by Gasteiger charge is 2.08. The second-order valence-electron chi connectivity index (χ2n) is 4.80. The number of para-hydroxylation sites is 1. The van der Waals surface area contributed by atoms with Crippen LogP contribution in [0.25, 0.3) is 11.1 Å². The highest BCUT2D eigenvalue weighted by atomic mass is 16.3. The number of carbonyl (C=O) groups excluding carboxylic acids is 1. The first-order chi connectivity index (χ1) is 10.8. The third kappa shape index (κ3) is 3.35. The molecule has 0 saturated heterocycles. The Hall–Kier alpha value is -3.01. The van der Waals surface area contributed by atoms with Crippen LogP contribution in [-0.2, 0) is 6.54 Å². The van der Waals surface area contributed by atoms with Crippen molar-refractivity contribution in [3.8, 4) is 11.1 Å². The molecular weight excluding hydrogens is 276 g/mol. The predicted octanol–water partition coefficient (Wildman–Crippen LogP) is 4.27. The molecule has 3 aromatic rings. The number of rotatable bonds is 4. The molecule has 0 saturated carbocycles. The van der Waals surface area contributed by atoms with Gasteiger partial charge in [0.25, 0.3) is 0 Å². The number of urea groups is 1. The molecule has 0 aliphatic carbocycles. The summed E-state index contributed by atoms with van der Waals surface area (Å²) in [4.78, 5) is 12.0. The van der Waals surface area contributed by atoms with E-state index in [9.17, 15) is 4.79 Å². The molecular formula is C18H16N2O2. The van der Waals surface area contributed by atoms with Gasteiger partial charge in [0.2, 0.25) is 0 Å². The Morgan fingerprint density at radius 3 is 2.45 bits per heavy atom. The van der Waals surface area contributed by atoms with Gasteiger partial charge in [0.15, 0.2) is 0 Å². The molecule has 4 heteroatoms. The molecule has 0 bridgehead atoms. The maximum Gasteiger partial charge on any atom is 0.319 e. The standard InChI is InChI=1S/C18H16N2O2/c21-18(19-13-15-9-6-12-22-15)20-17-11-5-4-10-16(17)14-7-2-1-3-8-14/h1-12H,13H2,(H2,19,20,21). The van der Waals surface area contributed by atoms with Crippen LogP contribution in [0.15, 0.2) is 77.4 Å². The summed E-state index contributed by atoms with van der Waals surface area (Å²) in [7, 11) is 0. The number of amides is 2. The van der Waals surface area contributed by atoms with Crippen molar-refractivity contribution in [2.24, 2.45) is 0 Å². The summed E-state index contributed by atoms with van der Waals surface area (Å²) >= 11 is 0. The Morgan fingerprint density at radius 2 is 1.68 bits per heavy atom. The van der Waals surface area contributed by atoms with E-state index in [1.807, 2.05) is 60.7 Å². The monoisotopic (exact) mass is 292 g/mol. The summed E-state index contributed by atoms with van der Waals surface area (Å²) in [5.74, 6) is 0.714. The van der Waals surface area contributed by atoms with Gasteiger partial charge in [-0.2, -0.15) is 0 Å². The lowest BCUT2D eigenvalue weighted by molar-refractivity contribution is 0.251. The zero-order valence-electron chi connectivity index (χ0n) is 12.0. The number of hydrogen-bond acceptors (Lipinski definition) is 2. The van der Waals surface area contributed by atoms with Gasteiger partial charge in [0.1, 0.15) is 5.76 Å². The lowest BCUT2D eigenvalue weighted by Crippen LogP contribution is -2.28. The molecule has 2 aromatic carbocycles. The molecule has 2 amide bonds. The van der Waals surface area contributed by atoms with Crippen LogP contribution in [0.2, 0.25) is 0 Å². The molecule has 0 spiro atoms. The van der Waals surface area contributed by atoms with Crippen molar-refractivity contribution in [2.45, 2.75) is 6.54 Å². The van der Waals surface area contributed by atoms with Crippen LogP contribution < -0.4 is 10.6 Å². The highest BCUT2D eigenvalue weighted by Crippen LogP contribution is 2.27. The summed E-state index contributed by atoms with van der Waals surface area (Å²) < 4.78 is 5.18. The summed E-state index contributed by atoms with van der Waals surface area (Å²) in [6, 6.07) is 21.0. The third-order valence-corrected chi connectivity index (χ3v) is 3.26. The molecule has 1 aromatic heterocycles. The molecule has 0 aliphatic heterocycles. The number of hydrogen-bond donors (Lipinski definition) is 2. The van der Waals surface area contributed by atoms with Crippen LogP contribution in [-0.4, -0.2) is 6.03 Å². The van der Waals surface area contributed by atoms with Crippen LogP contribution in [0.1, 0.15) is 5.76 Å². The number of benzene rings is 2. The normalized spacial score (nSPS) is 10.2. The van der Waals surface area contributed by atoms with Gasteiger partial charge in [-0.05, 0) is 23.8 Å². The number of nitrogens with one attached hydrogen (secondary N) is 2. The van der Waals surface area contributed by atoms with E-state index in [2.05, 4.69) is 10.6 Å². The maximum atomic E-state index is 12.0. The molecule has 4 nitrogen and oxygen atoms in total. The molecule has 0 atom stereocenters. The molecule has 0 unspecified atom stereocenters. The van der Waals surface area contributed by atoms with Gasteiger partial charge >= 0.3 is 6.03 Å². The fourth-order valence-corrected chi connectivity index (χ4v) is 2.21. The van der Waals surface area contributed by atoms with E-state index in [-0.39, 0.29) is 6.03 Å². The van der Waals surface area contributed by atoms with Gasteiger partial charge in [-0.15, -0.1) is 0 Å². The van der Waals surface area contributed by atoms with Crippen molar-refractivity contribution in [2.75, 3.05) is 5.32 Å². The van der Waals surface area contributed by atoms with E-state index in [4.69, 9.17) is 4.42 Å². The van der Waals surface area contributed by atoms with Crippen LogP contribution in [0.3, 0.4) is 0 Å². The van der Waals surface area contributed by atoms with Gasteiger partial charge in [-0.1, -0.05) is 48.5 Å². The Bertz CT molecular complexity index is 737. The van der Waals surface area contributed by atoms with Crippen LogP contribution in [0.4, 0.5) is 10.5 Å². The minimum absolute atomic E-state index is 0.264. The first-order valence-corrected chi connectivity index (χ1v) is 7.04. The minimum atomic E-state index is -0.264. The van der Waals surface area contributed by atoms with E-state index in [1.165, 1.54) is 0 Å². The summed E-state index contributed by atoms with van der Waals surface area (Å²) in [6.07, 6.45) is 1.58. The molecule has 0 aliphatic rings. The lowest BCUT2D eigenvalue weighted by Gasteiger charge is -2.11. The molecule has 0 fully saturated rings. The third-order valence-electron chi connectivity index (χ3n) is 3.26. The summed E-state index contributed by atoms with van der Waals surface area (Å²) in [6.45, 7) is 0.354. The van der Waals surface area contributed by atoms with Crippen molar-refractivity contribution in [1.29, 1.82) is 0 Å². The Balaban J connectivity index is 1.71. The van der Waals surface area contributed by atoms with E-state index in [0.717, 1.165) is 16.8 Å². The maximum absolute atomic E-state index is 12.0. The van der Waals surface area contributed by atoms with Crippen LogP contribution in [0.5, 0.6) is 0 Å². The van der Waals surface area contributed by atoms with Crippen LogP contribution in [0, 0.1) is 0 Å². The van der Waals surface area contributed by atoms with Gasteiger partial charge in [0, 0.05) is 5.56 Å². The van der Waals surface area contributed by atoms with Crippen molar-refractivity contribution < 1.29 is 9.21 Å². The SMILES string of the molecule is O=C(NCc1ccco1)Nc1ccccc1-c1ccccc1. The van der Waals surface area contributed by atoms with Crippen molar-refractivity contribution in [1.82, 2.24) is 5.32 Å². The first kappa shape index (κ1) is 13.9. The smallest absolute Gasteiger partial charge is 0.319 e. The molecule has 0 radical (unpaired) electrons. The Morgan fingerprint density at radius 1 is 0.909 bits per heavy atom. The van der Waals surface area contributed by atoms with Gasteiger partial charge in [0.05, 0.1) is 18.5 Å². The summed E-state index contributed by atoms with van der Waals surface area (Å²) in [5, 5.41) is 5.65. The number of carbonyl (C=O) groups is 1. The van der Waals surface area contributed by atoms with Crippen molar-refractivity contribution in [3.05, 3.63) is 78.8 Å². The fourth-order valence-electron chi connectivity index (χ4n) is 2.21. The second-order valence-corrected chi connectivity index (χ2v) is 4.80. The Labute approximate surface area is 128 Å². The molecule has 1 heterocycles. The summed E-state index contributed by atoms with van der Waals surface area (Å²) in [5.41, 5.74) is 2.81. The average Bonchev–Trinajstić information content (AvgIpc) is 3.08. The number of furan rings is 1. The molecule has 22 heavy (non-hydrogen) atoms. The lowest BCUT2D eigenvalue weighted by atomic mass is 10.0. The van der Waals surface area contributed by atoms with Gasteiger partial charge < -0.3 is 15.1 Å². The highest BCUT2D eigenvalue weighted by molar-refractivity contribution is 5.94. The van der Waals surface area contributed by atoms with E-state index < -0.39 is 0 Å². The predicted molar refractivity (Wildman–Crippen MR) is 86.4 cm³/mol. The first-order valence-electron chi connectivity index (χ1n) is 7.04. The average molecular weight is 292 g/mol. The number of anilines is 1. The topological polar surface area (TPSA) is 54.3 Å². The van der Waals surface area contributed by atoms with E-state index in [0.29, 0.717) is 12.3 Å². The quantitative estimate of drug-likeness (QED) is 0.754. The molecule has 2 N–H and O–H groups in total. The van der Waals surface area contributed by atoms with E-state index >= 15 is 0 Å². The van der Waals surface area contributed by atoms with Crippen molar-refractivity contribution in [3.63, 3.8) is 0 Å². The van der Waals surface area contributed by atoms with Gasteiger partial charge in [-0.3, -0.25) is 0 Å².